The molecular weight excluding hydrogens is 384 g/mol. The molecule has 172 valence electrons. The van der Waals surface area contributed by atoms with Crippen LogP contribution in [0.25, 0.3) is 11.3 Å². The minimum absolute atomic E-state index is 0.625. The number of hydrogen-bond acceptors (Lipinski definition) is 6. The van der Waals surface area contributed by atoms with E-state index in [1.165, 1.54) is 19.4 Å². The smallest absolute Gasteiger partial charge is 0.129 e. The maximum absolute atomic E-state index is 4.55. The van der Waals surface area contributed by atoms with Crippen LogP contribution in [0, 0.1) is 0 Å². The summed E-state index contributed by atoms with van der Waals surface area (Å²) in [7, 11) is 0. The van der Waals surface area contributed by atoms with Gasteiger partial charge in [-0.1, -0.05) is 39.8 Å². The third-order valence-corrected chi connectivity index (χ3v) is 5.04. The average Bonchev–Trinajstić information content (AvgIpc) is 3.31. The Morgan fingerprint density at radius 1 is 1.03 bits per heavy atom. The fraction of sp³-hybridized carbons (Fsp3) is 0.560. The van der Waals surface area contributed by atoms with E-state index in [1.807, 2.05) is 58.2 Å². The predicted molar refractivity (Wildman–Crippen MR) is 135 cm³/mol. The zero-order valence-electron chi connectivity index (χ0n) is 20.4. The molecule has 0 spiro atoms. The highest BCUT2D eigenvalue weighted by Gasteiger charge is 2.22. The summed E-state index contributed by atoms with van der Waals surface area (Å²) in [6, 6.07) is 6.69. The SMILES string of the molecule is C/C=C/C.CC.CCCNc1cc(-c2ccc(NCC3CCCN3CC)nc2)ncn1. The molecule has 6 nitrogen and oxygen atoms in total. The molecule has 1 aliphatic rings. The topological polar surface area (TPSA) is 66.0 Å². The van der Waals surface area contributed by atoms with Gasteiger partial charge in [-0.15, -0.1) is 0 Å². The first kappa shape index (κ1) is 26.6. The largest absolute Gasteiger partial charge is 0.370 e. The van der Waals surface area contributed by atoms with Crippen LogP contribution in [0.3, 0.4) is 0 Å². The Labute approximate surface area is 189 Å². The second-order valence-electron chi connectivity index (χ2n) is 7.12. The van der Waals surface area contributed by atoms with E-state index in [0.717, 1.165) is 48.9 Å². The quantitative estimate of drug-likeness (QED) is 0.515. The number of likely N-dealkylation sites (N-methyl/N-ethyl adjacent to an activating group) is 1. The van der Waals surface area contributed by atoms with E-state index in [9.17, 15) is 0 Å². The molecule has 0 amide bonds. The summed E-state index contributed by atoms with van der Waals surface area (Å²) in [6.45, 7) is 16.6. The summed E-state index contributed by atoms with van der Waals surface area (Å²) in [5.74, 6) is 1.78. The summed E-state index contributed by atoms with van der Waals surface area (Å²) in [4.78, 5) is 15.7. The van der Waals surface area contributed by atoms with E-state index in [2.05, 4.69) is 50.4 Å². The Balaban J connectivity index is 0.000000720. The Bertz CT molecular complexity index is 725. The van der Waals surface area contributed by atoms with Crippen molar-refractivity contribution < 1.29 is 0 Å². The summed E-state index contributed by atoms with van der Waals surface area (Å²) >= 11 is 0. The predicted octanol–water partition coefficient (Wildman–Crippen LogP) is 5.87. The number of aromatic nitrogens is 3. The minimum Gasteiger partial charge on any atom is -0.370 e. The molecule has 1 unspecified atom stereocenters. The highest BCUT2D eigenvalue weighted by Crippen LogP contribution is 2.20. The molecule has 0 aliphatic carbocycles. The molecule has 2 N–H and O–H groups in total. The van der Waals surface area contributed by atoms with Crippen LogP contribution >= 0.6 is 0 Å². The lowest BCUT2D eigenvalue weighted by molar-refractivity contribution is 0.277. The van der Waals surface area contributed by atoms with Crippen LogP contribution in [-0.4, -0.2) is 52.1 Å². The number of nitrogens with zero attached hydrogens (tertiary/aromatic N) is 4. The van der Waals surface area contributed by atoms with E-state index in [1.54, 1.807) is 6.33 Å². The molecular formula is C25H42N6. The highest BCUT2D eigenvalue weighted by atomic mass is 15.2. The van der Waals surface area contributed by atoms with Crippen molar-refractivity contribution >= 4 is 11.6 Å². The van der Waals surface area contributed by atoms with Gasteiger partial charge in [0.05, 0.1) is 5.69 Å². The number of likely N-dealkylation sites (tertiary alicyclic amines) is 1. The van der Waals surface area contributed by atoms with Crippen molar-refractivity contribution in [3.63, 3.8) is 0 Å². The third-order valence-electron chi connectivity index (χ3n) is 5.04. The highest BCUT2D eigenvalue weighted by molar-refractivity contribution is 5.62. The summed E-state index contributed by atoms with van der Waals surface area (Å²) in [5.41, 5.74) is 1.89. The molecule has 1 atom stereocenters. The Morgan fingerprint density at radius 2 is 1.81 bits per heavy atom. The minimum atomic E-state index is 0.625. The van der Waals surface area contributed by atoms with Gasteiger partial charge in [0.2, 0.25) is 0 Å². The molecule has 6 heteroatoms. The van der Waals surface area contributed by atoms with Gasteiger partial charge in [-0.05, 0) is 58.3 Å². The first-order valence-electron chi connectivity index (χ1n) is 11.8. The van der Waals surface area contributed by atoms with Crippen molar-refractivity contribution in [1.82, 2.24) is 19.9 Å². The standard InChI is InChI=1S/C19H28N6.C4H8.C2H6/c1-3-9-20-19-11-17(23-14-24-19)15-7-8-18(21-12-15)22-13-16-6-5-10-25(16)4-2;1-3-4-2;1-2/h7-8,11-12,14,16H,3-6,9-10,13H2,1-2H3,(H,21,22)(H,20,23,24);3-4H,1-2H3;1-2H3/b;4-3+;. The zero-order chi connectivity index (χ0) is 22.9. The Kier molecular flexibility index (Phi) is 13.9. The Morgan fingerprint density at radius 3 is 2.42 bits per heavy atom. The summed E-state index contributed by atoms with van der Waals surface area (Å²) in [6.07, 6.45) is 11.1. The zero-order valence-corrected chi connectivity index (χ0v) is 20.4. The van der Waals surface area contributed by atoms with E-state index < -0.39 is 0 Å². The number of pyridine rings is 1. The Hall–Kier alpha value is -2.47. The van der Waals surface area contributed by atoms with Crippen LogP contribution in [0.1, 0.15) is 60.8 Å². The number of nitrogens with one attached hydrogen (secondary N) is 2. The maximum atomic E-state index is 4.55. The molecule has 31 heavy (non-hydrogen) atoms. The van der Waals surface area contributed by atoms with Crippen molar-refractivity contribution in [3.8, 4) is 11.3 Å². The van der Waals surface area contributed by atoms with Gasteiger partial charge in [0.25, 0.3) is 0 Å². The number of hydrogen-bond donors (Lipinski definition) is 2. The van der Waals surface area contributed by atoms with Gasteiger partial charge in [-0.25, -0.2) is 15.0 Å². The van der Waals surface area contributed by atoms with Crippen LogP contribution in [0.4, 0.5) is 11.6 Å². The van der Waals surface area contributed by atoms with E-state index in [4.69, 9.17) is 0 Å². The van der Waals surface area contributed by atoms with Gasteiger partial charge in [-0.3, -0.25) is 4.90 Å². The lowest BCUT2D eigenvalue weighted by Crippen LogP contribution is -2.34. The van der Waals surface area contributed by atoms with E-state index >= 15 is 0 Å². The van der Waals surface area contributed by atoms with E-state index in [0.29, 0.717) is 6.04 Å². The van der Waals surface area contributed by atoms with Gasteiger partial charge in [-0.2, -0.15) is 0 Å². The average molecular weight is 427 g/mol. The molecule has 2 aromatic rings. The number of rotatable bonds is 8. The molecule has 1 saturated heterocycles. The van der Waals surface area contributed by atoms with Crippen LogP contribution in [0.5, 0.6) is 0 Å². The summed E-state index contributed by atoms with van der Waals surface area (Å²) in [5, 5.41) is 6.76. The van der Waals surface area contributed by atoms with Gasteiger partial charge < -0.3 is 10.6 Å². The van der Waals surface area contributed by atoms with Crippen molar-refractivity contribution in [2.45, 2.75) is 66.8 Å². The van der Waals surface area contributed by atoms with Gasteiger partial charge in [0.1, 0.15) is 18.0 Å². The third kappa shape index (κ3) is 9.47. The molecule has 1 fully saturated rings. The molecule has 2 aromatic heterocycles. The molecule has 0 radical (unpaired) electrons. The lowest BCUT2D eigenvalue weighted by atomic mass is 10.2. The fourth-order valence-electron chi connectivity index (χ4n) is 3.28. The van der Waals surface area contributed by atoms with Crippen molar-refractivity contribution in [3.05, 3.63) is 42.9 Å². The molecule has 3 rings (SSSR count). The van der Waals surface area contributed by atoms with E-state index in [-0.39, 0.29) is 0 Å². The van der Waals surface area contributed by atoms with Crippen LogP contribution in [0.2, 0.25) is 0 Å². The van der Waals surface area contributed by atoms with Gasteiger partial charge in [0.15, 0.2) is 0 Å². The second kappa shape index (κ2) is 16.3. The van der Waals surface area contributed by atoms with Crippen LogP contribution in [0.15, 0.2) is 42.9 Å². The van der Waals surface area contributed by atoms with Crippen molar-refractivity contribution in [2.24, 2.45) is 0 Å². The lowest BCUT2D eigenvalue weighted by Gasteiger charge is -2.23. The van der Waals surface area contributed by atoms with Gasteiger partial charge in [0, 0.05) is 37.0 Å². The first-order valence-corrected chi connectivity index (χ1v) is 11.8. The fourth-order valence-corrected chi connectivity index (χ4v) is 3.28. The molecule has 3 heterocycles. The van der Waals surface area contributed by atoms with Crippen molar-refractivity contribution in [1.29, 1.82) is 0 Å². The molecule has 0 bridgehead atoms. The van der Waals surface area contributed by atoms with Crippen molar-refractivity contribution in [2.75, 3.05) is 36.8 Å². The van der Waals surface area contributed by atoms with Crippen LogP contribution in [-0.2, 0) is 0 Å². The molecule has 0 aromatic carbocycles. The number of anilines is 2. The van der Waals surface area contributed by atoms with Gasteiger partial charge >= 0.3 is 0 Å². The normalized spacial score (nSPS) is 15.6. The first-order chi connectivity index (χ1) is 15.2. The summed E-state index contributed by atoms with van der Waals surface area (Å²) < 4.78 is 0. The van der Waals surface area contributed by atoms with Crippen LogP contribution < -0.4 is 10.6 Å². The number of allylic oxidation sites excluding steroid dienone is 2. The maximum Gasteiger partial charge on any atom is 0.129 e. The molecule has 1 aliphatic heterocycles. The second-order valence-corrected chi connectivity index (χ2v) is 7.12. The monoisotopic (exact) mass is 426 g/mol. The molecule has 0 saturated carbocycles.